The second-order valence-corrected chi connectivity index (χ2v) is 5.49. The van der Waals surface area contributed by atoms with Gasteiger partial charge < -0.3 is 9.84 Å². The molecule has 1 N–H and O–H groups in total. The molecule has 1 aromatic heterocycles. The third-order valence-electron chi connectivity index (χ3n) is 3.21. The van der Waals surface area contributed by atoms with Gasteiger partial charge in [0.1, 0.15) is 11.6 Å². The van der Waals surface area contributed by atoms with Gasteiger partial charge in [-0.05, 0) is 18.2 Å². The van der Waals surface area contributed by atoms with Crippen LogP contribution in [0.3, 0.4) is 0 Å². The molecule has 0 aliphatic rings. The standard InChI is InChI=1S/C17H12Cl2N2O2/c18-10-17(22)20-12-5-3-4-11(8-12)16-9-15(21-23-16)13-6-1-2-7-14(13)19/h1-9H,10H2,(H,20,22). The van der Waals surface area contributed by atoms with Crippen LogP contribution in [0.4, 0.5) is 5.69 Å². The maximum Gasteiger partial charge on any atom is 0.239 e. The fourth-order valence-electron chi connectivity index (χ4n) is 2.15. The Labute approximate surface area is 143 Å². The van der Waals surface area contributed by atoms with Gasteiger partial charge in [-0.15, -0.1) is 11.6 Å². The fraction of sp³-hybridized carbons (Fsp3) is 0.0588. The van der Waals surface area contributed by atoms with E-state index in [4.69, 9.17) is 27.7 Å². The van der Waals surface area contributed by atoms with Crippen LogP contribution in [-0.2, 0) is 4.79 Å². The van der Waals surface area contributed by atoms with Crippen LogP contribution < -0.4 is 5.32 Å². The molecule has 6 heteroatoms. The predicted molar refractivity (Wildman–Crippen MR) is 91.7 cm³/mol. The zero-order chi connectivity index (χ0) is 16.2. The smallest absolute Gasteiger partial charge is 0.239 e. The Kier molecular flexibility index (Phi) is 4.65. The zero-order valence-corrected chi connectivity index (χ0v) is 13.4. The summed E-state index contributed by atoms with van der Waals surface area (Å²) in [7, 11) is 0. The summed E-state index contributed by atoms with van der Waals surface area (Å²) in [4.78, 5) is 11.4. The third kappa shape index (κ3) is 3.55. The maximum absolute atomic E-state index is 11.4. The first kappa shape index (κ1) is 15.6. The van der Waals surface area contributed by atoms with Gasteiger partial charge in [0.15, 0.2) is 5.76 Å². The number of carbonyl (C=O) groups excluding carboxylic acids is 1. The molecule has 2 aromatic carbocycles. The Morgan fingerprint density at radius 1 is 1.13 bits per heavy atom. The highest BCUT2D eigenvalue weighted by Gasteiger charge is 2.11. The predicted octanol–water partition coefficient (Wildman–Crippen LogP) is 4.84. The van der Waals surface area contributed by atoms with E-state index in [-0.39, 0.29) is 11.8 Å². The summed E-state index contributed by atoms with van der Waals surface area (Å²) in [5.41, 5.74) is 2.89. The van der Waals surface area contributed by atoms with Gasteiger partial charge in [-0.25, -0.2) is 0 Å². The van der Waals surface area contributed by atoms with E-state index >= 15 is 0 Å². The topological polar surface area (TPSA) is 55.1 Å². The lowest BCUT2D eigenvalue weighted by Crippen LogP contribution is -2.12. The Balaban J connectivity index is 1.90. The van der Waals surface area contributed by atoms with Crippen LogP contribution in [-0.4, -0.2) is 16.9 Å². The Morgan fingerprint density at radius 2 is 1.96 bits per heavy atom. The number of halogens is 2. The van der Waals surface area contributed by atoms with Crippen molar-refractivity contribution in [1.29, 1.82) is 0 Å². The first-order valence-corrected chi connectivity index (χ1v) is 7.76. The van der Waals surface area contributed by atoms with Crippen LogP contribution in [0.5, 0.6) is 0 Å². The summed E-state index contributed by atoms with van der Waals surface area (Å²) in [6.45, 7) is 0. The third-order valence-corrected chi connectivity index (χ3v) is 3.78. The minimum atomic E-state index is -0.266. The molecule has 0 aliphatic carbocycles. The van der Waals surface area contributed by atoms with Crippen molar-refractivity contribution >= 4 is 34.8 Å². The molecule has 0 fully saturated rings. The molecule has 0 saturated heterocycles. The van der Waals surface area contributed by atoms with E-state index in [1.54, 1.807) is 18.2 Å². The van der Waals surface area contributed by atoms with E-state index in [2.05, 4.69) is 10.5 Å². The van der Waals surface area contributed by atoms with Crippen LogP contribution in [0.1, 0.15) is 0 Å². The van der Waals surface area contributed by atoms with Gasteiger partial charge in [-0.2, -0.15) is 0 Å². The quantitative estimate of drug-likeness (QED) is 0.687. The summed E-state index contributed by atoms with van der Waals surface area (Å²) < 4.78 is 5.40. The van der Waals surface area contributed by atoms with Gasteiger partial charge in [-0.3, -0.25) is 4.79 Å². The first-order chi connectivity index (χ1) is 11.2. The van der Waals surface area contributed by atoms with Crippen molar-refractivity contribution in [2.75, 3.05) is 11.2 Å². The molecule has 4 nitrogen and oxygen atoms in total. The fourth-order valence-corrected chi connectivity index (χ4v) is 2.45. The van der Waals surface area contributed by atoms with Crippen molar-refractivity contribution < 1.29 is 9.32 Å². The molecule has 0 bridgehead atoms. The lowest BCUT2D eigenvalue weighted by molar-refractivity contribution is -0.113. The summed E-state index contributed by atoms with van der Waals surface area (Å²) in [6.07, 6.45) is 0. The monoisotopic (exact) mass is 346 g/mol. The van der Waals surface area contributed by atoms with Gasteiger partial charge >= 0.3 is 0 Å². The molecule has 116 valence electrons. The first-order valence-electron chi connectivity index (χ1n) is 6.85. The van der Waals surface area contributed by atoms with Gasteiger partial charge in [-0.1, -0.05) is 47.1 Å². The van der Waals surface area contributed by atoms with E-state index < -0.39 is 0 Å². The Bertz CT molecular complexity index is 846. The highest BCUT2D eigenvalue weighted by Crippen LogP contribution is 2.31. The van der Waals surface area contributed by atoms with E-state index in [0.717, 1.165) is 11.1 Å². The maximum atomic E-state index is 11.4. The minimum Gasteiger partial charge on any atom is -0.356 e. The molecule has 0 saturated carbocycles. The van der Waals surface area contributed by atoms with Crippen LogP contribution >= 0.6 is 23.2 Å². The van der Waals surface area contributed by atoms with Crippen molar-refractivity contribution in [1.82, 2.24) is 5.16 Å². The van der Waals surface area contributed by atoms with Crippen molar-refractivity contribution in [2.24, 2.45) is 0 Å². The van der Waals surface area contributed by atoms with E-state index in [9.17, 15) is 4.79 Å². The number of nitrogens with zero attached hydrogens (tertiary/aromatic N) is 1. The number of benzene rings is 2. The lowest BCUT2D eigenvalue weighted by Gasteiger charge is -2.04. The highest BCUT2D eigenvalue weighted by atomic mass is 35.5. The number of anilines is 1. The van der Waals surface area contributed by atoms with Crippen molar-refractivity contribution in [3.05, 3.63) is 59.6 Å². The van der Waals surface area contributed by atoms with E-state index in [0.29, 0.717) is 22.2 Å². The molecule has 1 amide bonds. The number of amides is 1. The summed E-state index contributed by atoms with van der Waals surface area (Å²) >= 11 is 11.7. The van der Waals surface area contributed by atoms with Gasteiger partial charge in [0.2, 0.25) is 5.91 Å². The summed E-state index contributed by atoms with van der Waals surface area (Å²) in [5.74, 6) is 0.225. The zero-order valence-electron chi connectivity index (χ0n) is 11.9. The molecular weight excluding hydrogens is 335 g/mol. The van der Waals surface area contributed by atoms with Crippen LogP contribution in [0.2, 0.25) is 5.02 Å². The minimum absolute atomic E-state index is 0.0941. The SMILES string of the molecule is O=C(CCl)Nc1cccc(-c2cc(-c3ccccc3Cl)no2)c1. The number of carbonyl (C=O) groups is 1. The highest BCUT2D eigenvalue weighted by molar-refractivity contribution is 6.33. The number of aromatic nitrogens is 1. The number of hydrogen-bond acceptors (Lipinski definition) is 3. The molecule has 0 unspecified atom stereocenters. The summed E-state index contributed by atoms with van der Waals surface area (Å²) in [5, 5.41) is 7.36. The molecule has 3 rings (SSSR count). The largest absolute Gasteiger partial charge is 0.356 e. The van der Waals surface area contributed by atoms with E-state index in [1.165, 1.54) is 0 Å². The molecule has 0 spiro atoms. The van der Waals surface area contributed by atoms with Gasteiger partial charge in [0.25, 0.3) is 0 Å². The van der Waals surface area contributed by atoms with Crippen LogP contribution in [0, 0.1) is 0 Å². The molecule has 1 heterocycles. The molecular formula is C17H12Cl2N2O2. The second kappa shape index (κ2) is 6.86. The van der Waals surface area contributed by atoms with Crippen LogP contribution in [0.25, 0.3) is 22.6 Å². The number of nitrogens with one attached hydrogen (secondary N) is 1. The molecule has 23 heavy (non-hydrogen) atoms. The average Bonchev–Trinajstić information content (AvgIpc) is 3.05. The summed E-state index contributed by atoms with van der Waals surface area (Å²) in [6, 6.07) is 16.5. The van der Waals surface area contributed by atoms with Crippen LogP contribution in [0.15, 0.2) is 59.1 Å². The van der Waals surface area contributed by atoms with Crippen molar-refractivity contribution in [2.45, 2.75) is 0 Å². The molecule has 0 atom stereocenters. The number of alkyl halides is 1. The number of hydrogen-bond donors (Lipinski definition) is 1. The average molecular weight is 347 g/mol. The van der Waals surface area contributed by atoms with Crippen molar-refractivity contribution in [3.8, 4) is 22.6 Å². The molecule has 3 aromatic rings. The van der Waals surface area contributed by atoms with Crippen molar-refractivity contribution in [3.63, 3.8) is 0 Å². The van der Waals surface area contributed by atoms with Gasteiger partial charge in [0.05, 0.1) is 5.02 Å². The number of rotatable bonds is 4. The normalized spacial score (nSPS) is 10.5. The Morgan fingerprint density at radius 3 is 2.74 bits per heavy atom. The Hall–Kier alpha value is -2.30. The second-order valence-electron chi connectivity index (χ2n) is 4.82. The molecule has 0 radical (unpaired) electrons. The lowest BCUT2D eigenvalue weighted by atomic mass is 10.1. The van der Waals surface area contributed by atoms with Gasteiger partial charge in [0, 0.05) is 22.9 Å². The van der Waals surface area contributed by atoms with E-state index in [1.807, 2.05) is 36.4 Å². The molecule has 0 aliphatic heterocycles.